The van der Waals surface area contributed by atoms with Crippen molar-refractivity contribution in [3.05, 3.63) is 58.6 Å². The van der Waals surface area contributed by atoms with Crippen LogP contribution in [0, 0.1) is 12.8 Å². The summed E-state index contributed by atoms with van der Waals surface area (Å²) < 4.78 is 4.67. The third-order valence-corrected chi connectivity index (χ3v) is 4.84. The van der Waals surface area contributed by atoms with Crippen molar-refractivity contribution in [3.8, 4) is 0 Å². The molecule has 0 unspecified atom stereocenters. The molecule has 1 atom stereocenters. The molecule has 0 spiro atoms. The van der Waals surface area contributed by atoms with Crippen LogP contribution in [0.5, 0.6) is 0 Å². The Balaban J connectivity index is 1.89. The number of amides is 2. The molecule has 2 amide bonds. The van der Waals surface area contributed by atoms with Crippen LogP contribution >= 0.6 is 23.8 Å². The second-order valence-electron chi connectivity index (χ2n) is 6.22. The van der Waals surface area contributed by atoms with Crippen LogP contribution in [-0.2, 0) is 14.3 Å². The predicted octanol–water partition coefficient (Wildman–Crippen LogP) is 3.20. The molecule has 1 aliphatic heterocycles. The van der Waals surface area contributed by atoms with Crippen LogP contribution in [0.2, 0.25) is 5.02 Å². The number of anilines is 1. The van der Waals surface area contributed by atoms with Crippen molar-refractivity contribution in [3.63, 3.8) is 0 Å². The van der Waals surface area contributed by atoms with E-state index in [0.717, 1.165) is 5.56 Å². The summed E-state index contributed by atoms with van der Waals surface area (Å²) >= 11 is 11.1. The van der Waals surface area contributed by atoms with Crippen molar-refractivity contribution in [2.24, 2.45) is 10.9 Å². The zero-order valence-electron chi connectivity index (χ0n) is 15.5. The normalized spacial score (nSPS) is 16.9. The Kier molecular flexibility index (Phi) is 6.05. The van der Waals surface area contributed by atoms with E-state index in [0.29, 0.717) is 11.4 Å². The number of carbonyl (C=O) groups is 3. The zero-order valence-corrected chi connectivity index (χ0v) is 17.1. The summed E-state index contributed by atoms with van der Waals surface area (Å²) in [5.74, 6) is -2.89. The minimum Gasteiger partial charge on any atom is -0.465 e. The molecule has 0 aliphatic carbocycles. The number of hydrogen-bond donors (Lipinski definition) is 1. The molecule has 148 valence electrons. The van der Waals surface area contributed by atoms with E-state index in [1.807, 2.05) is 19.1 Å². The molecular weight excluding hydrogens is 414 g/mol. The quantitative estimate of drug-likeness (QED) is 0.349. The van der Waals surface area contributed by atoms with Gasteiger partial charge in [-0.3, -0.25) is 19.5 Å². The van der Waals surface area contributed by atoms with E-state index < -0.39 is 23.7 Å². The molecule has 1 fully saturated rings. The average molecular weight is 430 g/mol. The van der Waals surface area contributed by atoms with Crippen LogP contribution in [0.25, 0.3) is 0 Å². The summed E-state index contributed by atoms with van der Waals surface area (Å²) in [6.07, 6.45) is 1.21. The number of esters is 1. The number of benzene rings is 2. The second-order valence-corrected chi connectivity index (χ2v) is 7.01. The van der Waals surface area contributed by atoms with Crippen LogP contribution in [0.3, 0.4) is 0 Å². The lowest BCUT2D eigenvalue weighted by atomic mass is 10.1. The van der Waals surface area contributed by atoms with Crippen LogP contribution in [0.15, 0.2) is 47.5 Å². The number of rotatable bonds is 4. The van der Waals surface area contributed by atoms with Gasteiger partial charge in [-0.1, -0.05) is 29.3 Å². The molecule has 0 saturated carbocycles. The SMILES string of the molecule is COC(=O)c1cc(N=C[C@H]2C(=O)NC(=S)N(c3ccc(C)cc3)C2=O)ccc1Cl. The van der Waals surface area contributed by atoms with Crippen molar-refractivity contribution >= 4 is 64.3 Å². The first-order chi connectivity index (χ1) is 13.8. The Labute approximate surface area is 177 Å². The monoisotopic (exact) mass is 429 g/mol. The largest absolute Gasteiger partial charge is 0.465 e. The first-order valence-electron chi connectivity index (χ1n) is 8.49. The average Bonchev–Trinajstić information content (AvgIpc) is 2.69. The molecule has 9 heteroatoms. The van der Waals surface area contributed by atoms with Gasteiger partial charge in [-0.05, 0) is 49.5 Å². The minimum absolute atomic E-state index is 0.00738. The smallest absolute Gasteiger partial charge is 0.339 e. The minimum atomic E-state index is -1.18. The summed E-state index contributed by atoms with van der Waals surface area (Å²) in [5.41, 5.74) is 2.04. The Morgan fingerprint density at radius 2 is 1.93 bits per heavy atom. The van der Waals surface area contributed by atoms with Gasteiger partial charge in [0.1, 0.15) is 0 Å². The number of aryl methyl sites for hydroxylation is 1. The zero-order chi connectivity index (χ0) is 21.1. The fourth-order valence-electron chi connectivity index (χ4n) is 2.68. The Morgan fingerprint density at radius 1 is 1.24 bits per heavy atom. The van der Waals surface area contributed by atoms with Gasteiger partial charge in [0.15, 0.2) is 11.0 Å². The van der Waals surface area contributed by atoms with Gasteiger partial charge in [-0.25, -0.2) is 4.79 Å². The molecule has 3 rings (SSSR count). The van der Waals surface area contributed by atoms with Gasteiger partial charge in [0.05, 0.1) is 29.1 Å². The number of halogens is 1. The Bertz CT molecular complexity index is 1040. The highest BCUT2D eigenvalue weighted by molar-refractivity contribution is 7.80. The van der Waals surface area contributed by atoms with Gasteiger partial charge in [0.2, 0.25) is 5.91 Å². The standard InChI is InChI=1S/C20H16ClN3O4S/c1-11-3-6-13(7-4-11)24-18(26)15(17(25)23-20(24)29)10-22-12-5-8-16(21)14(9-12)19(27)28-2/h3-10,15H,1-2H3,(H,23,25,29)/t15-/m0/s1. The fraction of sp³-hybridized carbons (Fsp3) is 0.150. The van der Waals surface area contributed by atoms with Crippen molar-refractivity contribution in [1.82, 2.24) is 5.32 Å². The predicted molar refractivity (Wildman–Crippen MR) is 114 cm³/mol. The van der Waals surface area contributed by atoms with Crippen LogP contribution < -0.4 is 10.2 Å². The molecule has 29 heavy (non-hydrogen) atoms. The molecule has 1 heterocycles. The molecule has 2 aromatic carbocycles. The summed E-state index contributed by atoms with van der Waals surface area (Å²) in [7, 11) is 1.24. The fourth-order valence-corrected chi connectivity index (χ4v) is 3.17. The molecule has 1 saturated heterocycles. The lowest BCUT2D eigenvalue weighted by Crippen LogP contribution is -2.58. The topological polar surface area (TPSA) is 88.1 Å². The Morgan fingerprint density at radius 3 is 2.59 bits per heavy atom. The molecule has 0 aromatic heterocycles. The van der Waals surface area contributed by atoms with Gasteiger partial charge in [-0.2, -0.15) is 0 Å². The summed E-state index contributed by atoms with van der Waals surface area (Å²) in [5, 5.41) is 2.73. The van der Waals surface area contributed by atoms with E-state index in [4.69, 9.17) is 23.8 Å². The van der Waals surface area contributed by atoms with Crippen molar-refractivity contribution < 1.29 is 19.1 Å². The van der Waals surface area contributed by atoms with E-state index in [2.05, 4.69) is 15.0 Å². The highest BCUT2D eigenvalue weighted by Crippen LogP contribution is 2.24. The first kappa shape index (κ1) is 20.6. The number of methoxy groups -OCH3 is 1. The van der Waals surface area contributed by atoms with E-state index >= 15 is 0 Å². The number of carbonyl (C=O) groups excluding carboxylic acids is 3. The van der Waals surface area contributed by atoms with Crippen LogP contribution in [0.4, 0.5) is 11.4 Å². The molecular formula is C20H16ClN3O4S. The third-order valence-electron chi connectivity index (χ3n) is 4.22. The number of thiocarbonyl (C=S) groups is 1. The molecule has 0 radical (unpaired) electrons. The number of ether oxygens (including phenoxy) is 1. The van der Waals surface area contributed by atoms with E-state index in [1.54, 1.807) is 18.2 Å². The maximum absolute atomic E-state index is 12.9. The summed E-state index contributed by atoms with van der Waals surface area (Å²) in [4.78, 5) is 42.4. The number of nitrogens with one attached hydrogen (secondary N) is 1. The highest BCUT2D eigenvalue weighted by atomic mass is 35.5. The van der Waals surface area contributed by atoms with Crippen LogP contribution in [0.1, 0.15) is 15.9 Å². The van der Waals surface area contributed by atoms with Crippen molar-refractivity contribution in [1.29, 1.82) is 0 Å². The second kappa shape index (κ2) is 8.50. The number of aliphatic imine (C=N–C) groups is 1. The van der Waals surface area contributed by atoms with Gasteiger partial charge in [-0.15, -0.1) is 0 Å². The highest BCUT2D eigenvalue weighted by Gasteiger charge is 2.38. The first-order valence-corrected chi connectivity index (χ1v) is 9.28. The van der Waals surface area contributed by atoms with Crippen LogP contribution in [-0.4, -0.2) is 36.2 Å². The van der Waals surface area contributed by atoms with E-state index in [1.165, 1.54) is 30.4 Å². The maximum Gasteiger partial charge on any atom is 0.339 e. The van der Waals surface area contributed by atoms with Gasteiger partial charge >= 0.3 is 5.97 Å². The van der Waals surface area contributed by atoms with Gasteiger partial charge in [0, 0.05) is 6.21 Å². The third kappa shape index (κ3) is 4.33. The molecule has 2 aromatic rings. The maximum atomic E-state index is 12.9. The molecule has 1 N–H and O–H groups in total. The molecule has 7 nitrogen and oxygen atoms in total. The van der Waals surface area contributed by atoms with Crippen molar-refractivity contribution in [2.75, 3.05) is 12.0 Å². The molecule has 1 aliphatic rings. The van der Waals surface area contributed by atoms with E-state index in [9.17, 15) is 14.4 Å². The number of nitrogens with zero attached hydrogens (tertiary/aromatic N) is 2. The number of hydrogen-bond acceptors (Lipinski definition) is 6. The Hall–Kier alpha value is -3.10. The van der Waals surface area contributed by atoms with Gasteiger partial charge in [0.25, 0.3) is 5.91 Å². The lowest BCUT2D eigenvalue weighted by molar-refractivity contribution is -0.130. The summed E-state index contributed by atoms with van der Waals surface area (Å²) in [6.45, 7) is 1.92. The van der Waals surface area contributed by atoms with Crippen molar-refractivity contribution in [2.45, 2.75) is 6.92 Å². The lowest BCUT2D eigenvalue weighted by Gasteiger charge is -2.30. The van der Waals surface area contributed by atoms with E-state index in [-0.39, 0.29) is 15.7 Å². The van der Waals surface area contributed by atoms with Gasteiger partial charge < -0.3 is 10.1 Å². The molecule has 0 bridgehead atoms. The summed E-state index contributed by atoms with van der Waals surface area (Å²) in [6, 6.07) is 11.6.